The molecule has 1 aromatic carbocycles. The maximum Gasteiger partial charge on any atom is 0.125 e. The monoisotopic (exact) mass is 323 g/mol. The van der Waals surface area contributed by atoms with E-state index in [-0.39, 0.29) is 0 Å². The van der Waals surface area contributed by atoms with Crippen molar-refractivity contribution in [3.05, 3.63) is 51.2 Å². The van der Waals surface area contributed by atoms with Crippen LogP contribution in [0.2, 0.25) is 5.02 Å². The molecular weight excluding hydrogens is 302 g/mol. The van der Waals surface area contributed by atoms with Gasteiger partial charge in [-0.05, 0) is 36.0 Å². The summed E-state index contributed by atoms with van der Waals surface area (Å²) in [5, 5.41) is 6.28. The van der Waals surface area contributed by atoms with Crippen LogP contribution in [0.1, 0.15) is 24.3 Å². The van der Waals surface area contributed by atoms with E-state index in [1.54, 1.807) is 11.3 Å². The van der Waals surface area contributed by atoms with Crippen molar-refractivity contribution >= 4 is 22.9 Å². The van der Waals surface area contributed by atoms with Crippen molar-refractivity contribution in [2.45, 2.75) is 26.8 Å². The van der Waals surface area contributed by atoms with E-state index in [1.165, 1.54) is 4.88 Å². The van der Waals surface area contributed by atoms with Gasteiger partial charge in [-0.25, -0.2) is 0 Å². The molecule has 0 aliphatic carbocycles. The maximum atomic E-state index is 6.31. The zero-order valence-corrected chi connectivity index (χ0v) is 14.1. The van der Waals surface area contributed by atoms with Gasteiger partial charge in [0.15, 0.2) is 0 Å². The molecule has 0 atom stereocenters. The van der Waals surface area contributed by atoms with E-state index < -0.39 is 0 Å². The molecule has 0 spiro atoms. The molecule has 0 saturated heterocycles. The molecule has 1 heterocycles. The fourth-order valence-electron chi connectivity index (χ4n) is 2.05. The minimum Gasteiger partial charge on any atom is -0.493 e. The fraction of sp³-hybridized carbons (Fsp3) is 0.412. The molecule has 1 aromatic heterocycles. The van der Waals surface area contributed by atoms with Crippen molar-refractivity contribution < 1.29 is 4.74 Å². The van der Waals surface area contributed by atoms with Crippen molar-refractivity contribution in [1.82, 2.24) is 5.32 Å². The molecule has 0 radical (unpaired) electrons. The minimum atomic E-state index is 0.621. The predicted molar refractivity (Wildman–Crippen MR) is 91.5 cm³/mol. The van der Waals surface area contributed by atoms with Crippen LogP contribution in [0.5, 0.6) is 5.75 Å². The highest BCUT2D eigenvalue weighted by Gasteiger charge is 2.08. The van der Waals surface area contributed by atoms with Crippen molar-refractivity contribution in [2.24, 2.45) is 5.92 Å². The second-order valence-corrected chi connectivity index (χ2v) is 6.86. The summed E-state index contributed by atoms with van der Waals surface area (Å²) >= 11 is 8.07. The summed E-state index contributed by atoms with van der Waals surface area (Å²) in [5.74, 6) is 1.51. The molecule has 114 valence electrons. The van der Waals surface area contributed by atoms with Gasteiger partial charge in [-0.3, -0.25) is 0 Å². The van der Waals surface area contributed by atoms with Gasteiger partial charge in [0.2, 0.25) is 0 Å². The molecule has 0 saturated carbocycles. The standard InChI is InChI=1S/C17H22ClNOS/c1-13(2)11-19-12-15-16(18)6-3-7-17(15)20-9-8-14-5-4-10-21-14/h3-7,10,13,19H,8-9,11-12H2,1-2H3. The Labute approximate surface area is 136 Å². The van der Waals surface area contributed by atoms with Crippen molar-refractivity contribution in [1.29, 1.82) is 0 Å². The van der Waals surface area contributed by atoms with Gasteiger partial charge in [-0.1, -0.05) is 37.6 Å². The van der Waals surface area contributed by atoms with E-state index in [1.807, 2.05) is 18.2 Å². The van der Waals surface area contributed by atoms with Crippen molar-refractivity contribution in [2.75, 3.05) is 13.2 Å². The number of hydrogen-bond acceptors (Lipinski definition) is 3. The Morgan fingerprint density at radius 1 is 1.24 bits per heavy atom. The van der Waals surface area contributed by atoms with Crippen LogP contribution in [0, 0.1) is 5.92 Å². The first-order chi connectivity index (χ1) is 10.2. The van der Waals surface area contributed by atoms with E-state index in [0.29, 0.717) is 12.5 Å². The van der Waals surface area contributed by atoms with Crippen molar-refractivity contribution in [3.8, 4) is 5.75 Å². The average molecular weight is 324 g/mol. The number of rotatable bonds is 8. The largest absolute Gasteiger partial charge is 0.493 e. The number of halogens is 1. The summed E-state index contributed by atoms with van der Waals surface area (Å²) in [4.78, 5) is 1.34. The topological polar surface area (TPSA) is 21.3 Å². The quantitative estimate of drug-likeness (QED) is 0.755. The van der Waals surface area contributed by atoms with Crippen molar-refractivity contribution in [3.63, 3.8) is 0 Å². The Hall–Kier alpha value is -1.03. The number of hydrogen-bond donors (Lipinski definition) is 1. The van der Waals surface area contributed by atoms with Crippen LogP contribution in [0.3, 0.4) is 0 Å². The Morgan fingerprint density at radius 2 is 2.10 bits per heavy atom. The van der Waals surface area contributed by atoms with Crippen LogP contribution in [0.4, 0.5) is 0 Å². The van der Waals surface area contributed by atoms with E-state index in [2.05, 4.69) is 36.7 Å². The fourth-order valence-corrected chi connectivity index (χ4v) is 2.97. The summed E-state index contributed by atoms with van der Waals surface area (Å²) in [6.45, 7) is 6.78. The number of ether oxygens (including phenoxy) is 1. The lowest BCUT2D eigenvalue weighted by Crippen LogP contribution is -2.19. The van der Waals surface area contributed by atoms with Crippen LogP contribution >= 0.6 is 22.9 Å². The van der Waals surface area contributed by atoms with Gasteiger partial charge in [0.05, 0.1) is 6.61 Å². The Balaban J connectivity index is 1.92. The second kappa shape index (κ2) is 8.42. The zero-order chi connectivity index (χ0) is 15.1. The lowest BCUT2D eigenvalue weighted by molar-refractivity contribution is 0.318. The van der Waals surface area contributed by atoms with Gasteiger partial charge >= 0.3 is 0 Å². The van der Waals surface area contributed by atoms with E-state index in [0.717, 1.165) is 35.8 Å². The van der Waals surface area contributed by atoms with Crippen LogP contribution in [-0.4, -0.2) is 13.2 Å². The molecule has 21 heavy (non-hydrogen) atoms. The number of nitrogens with one attached hydrogen (secondary N) is 1. The Morgan fingerprint density at radius 3 is 2.81 bits per heavy atom. The summed E-state index contributed by atoms with van der Waals surface area (Å²) < 4.78 is 5.93. The molecule has 0 bridgehead atoms. The molecule has 0 fully saturated rings. The highest BCUT2D eigenvalue weighted by molar-refractivity contribution is 7.09. The molecule has 4 heteroatoms. The summed E-state index contributed by atoms with van der Waals surface area (Å²) in [6, 6.07) is 10.1. The third-order valence-electron chi connectivity index (χ3n) is 3.12. The maximum absolute atomic E-state index is 6.31. The van der Waals surface area contributed by atoms with Gasteiger partial charge < -0.3 is 10.1 Å². The van der Waals surface area contributed by atoms with Gasteiger partial charge in [0, 0.05) is 28.4 Å². The van der Waals surface area contributed by atoms with Crippen LogP contribution in [0.15, 0.2) is 35.7 Å². The number of thiophene rings is 1. The average Bonchev–Trinajstić information content (AvgIpc) is 2.94. The van der Waals surface area contributed by atoms with E-state index in [9.17, 15) is 0 Å². The highest BCUT2D eigenvalue weighted by Crippen LogP contribution is 2.26. The molecule has 2 rings (SSSR count). The molecule has 0 unspecified atom stereocenters. The van der Waals surface area contributed by atoms with Gasteiger partial charge in [-0.2, -0.15) is 0 Å². The Bertz CT molecular complexity index is 540. The summed E-state index contributed by atoms with van der Waals surface area (Å²) in [6.07, 6.45) is 0.934. The van der Waals surface area contributed by atoms with Gasteiger partial charge in [0.1, 0.15) is 5.75 Å². The molecule has 2 nitrogen and oxygen atoms in total. The van der Waals surface area contributed by atoms with Gasteiger partial charge in [-0.15, -0.1) is 11.3 Å². The molecule has 0 aliphatic rings. The lowest BCUT2D eigenvalue weighted by Gasteiger charge is -2.14. The first-order valence-electron chi connectivity index (χ1n) is 7.30. The summed E-state index contributed by atoms with van der Waals surface area (Å²) in [5.41, 5.74) is 1.05. The SMILES string of the molecule is CC(C)CNCc1c(Cl)cccc1OCCc1cccs1. The molecule has 0 aliphatic heterocycles. The molecule has 1 N–H and O–H groups in total. The van der Waals surface area contributed by atoms with Crippen LogP contribution in [-0.2, 0) is 13.0 Å². The molecular formula is C17H22ClNOS. The summed E-state index contributed by atoms with van der Waals surface area (Å²) in [7, 11) is 0. The predicted octanol–water partition coefficient (Wildman–Crippen LogP) is 4.77. The minimum absolute atomic E-state index is 0.621. The normalized spacial score (nSPS) is 11.0. The third kappa shape index (κ3) is 5.34. The smallest absolute Gasteiger partial charge is 0.125 e. The molecule has 2 aromatic rings. The Kier molecular flexibility index (Phi) is 6.55. The van der Waals surface area contributed by atoms with E-state index in [4.69, 9.17) is 16.3 Å². The zero-order valence-electron chi connectivity index (χ0n) is 12.6. The van der Waals surface area contributed by atoms with Crippen LogP contribution in [0.25, 0.3) is 0 Å². The third-order valence-corrected chi connectivity index (χ3v) is 4.41. The van der Waals surface area contributed by atoms with Crippen LogP contribution < -0.4 is 10.1 Å². The second-order valence-electron chi connectivity index (χ2n) is 5.42. The lowest BCUT2D eigenvalue weighted by atomic mass is 10.1. The molecule has 0 amide bonds. The first kappa shape index (κ1) is 16.3. The van der Waals surface area contributed by atoms with Gasteiger partial charge in [0.25, 0.3) is 0 Å². The number of benzene rings is 1. The highest BCUT2D eigenvalue weighted by atomic mass is 35.5. The van der Waals surface area contributed by atoms with E-state index >= 15 is 0 Å². The first-order valence-corrected chi connectivity index (χ1v) is 8.56.